The van der Waals surface area contributed by atoms with E-state index in [0.717, 1.165) is 17.5 Å². The Morgan fingerprint density at radius 3 is 2.62 bits per heavy atom. The lowest BCUT2D eigenvalue weighted by atomic mass is 10.0. The summed E-state index contributed by atoms with van der Waals surface area (Å²) in [6, 6.07) is 9.18. The summed E-state index contributed by atoms with van der Waals surface area (Å²) in [6.07, 6.45) is 0.774. The van der Waals surface area contributed by atoms with Gasteiger partial charge in [-0.2, -0.15) is 0 Å². The standard InChI is InChI=1S/C17H20FNO2/c1-11-9-14(18)4-3-13(11)7-8-19-12(2)16-10-15(20)5-6-17(16)21/h3-6,9-10,12,19-21H,7-8H2,1-2H3. The van der Waals surface area contributed by atoms with E-state index in [0.29, 0.717) is 12.1 Å². The highest BCUT2D eigenvalue weighted by molar-refractivity contribution is 5.40. The minimum Gasteiger partial charge on any atom is -0.508 e. The number of phenols is 2. The van der Waals surface area contributed by atoms with Gasteiger partial charge in [-0.1, -0.05) is 6.07 Å². The maximum Gasteiger partial charge on any atom is 0.123 e. The summed E-state index contributed by atoms with van der Waals surface area (Å²) < 4.78 is 13.0. The third-order valence-corrected chi connectivity index (χ3v) is 3.63. The lowest BCUT2D eigenvalue weighted by Gasteiger charge is -2.16. The zero-order valence-corrected chi connectivity index (χ0v) is 12.2. The zero-order valence-electron chi connectivity index (χ0n) is 12.2. The molecule has 0 saturated carbocycles. The Bertz CT molecular complexity index is 628. The number of hydrogen-bond donors (Lipinski definition) is 3. The molecule has 21 heavy (non-hydrogen) atoms. The Morgan fingerprint density at radius 1 is 1.14 bits per heavy atom. The van der Waals surface area contributed by atoms with E-state index < -0.39 is 0 Å². The largest absolute Gasteiger partial charge is 0.508 e. The fraction of sp³-hybridized carbons (Fsp3) is 0.294. The average molecular weight is 289 g/mol. The smallest absolute Gasteiger partial charge is 0.123 e. The van der Waals surface area contributed by atoms with Gasteiger partial charge in [0.1, 0.15) is 17.3 Å². The van der Waals surface area contributed by atoms with Gasteiger partial charge >= 0.3 is 0 Å². The molecule has 0 saturated heterocycles. The number of halogens is 1. The topological polar surface area (TPSA) is 52.5 Å². The van der Waals surface area contributed by atoms with Gasteiger partial charge in [0.2, 0.25) is 0 Å². The molecule has 2 aromatic carbocycles. The third kappa shape index (κ3) is 3.95. The van der Waals surface area contributed by atoms with Gasteiger partial charge < -0.3 is 15.5 Å². The van der Waals surface area contributed by atoms with Crippen molar-refractivity contribution in [1.82, 2.24) is 5.32 Å². The van der Waals surface area contributed by atoms with Crippen LogP contribution in [0.2, 0.25) is 0 Å². The summed E-state index contributed by atoms with van der Waals surface area (Å²) in [5.41, 5.74) is 2.69. The minimum atomic E-state index is -0.220. The molecule has 0 radical (unpaired) electrons. The first-order chi connectivity index (χ1) is 9.97. The van der Waals surface area contributed by atoms with Crippen LogP contribution in [0.15, 0.2) is 36.4 Å². The van der Waals surface area contributed by atoms with Crippen LogP contribution in [-0.2, 0) is 6.42 Å². The number of rotatable bonds is 5. The van der Waals surface area contributed by atoms with Crippen molar-refractivity contribution in [3.63, 3.8) is 0 Å². The molecule has 112 valence electrons. The Morgan fingerprint density at radius 2 is 1.90 bits per heavy atom. The molecule has 0 aliphatic rings. The first kappa shape index (κ1) is 15.3. The summed E-state index contributed by atoms with van der Waals surface area (Å²) in [4.78, 5) is 0. The molecule has 1 atom stereocenters. The normalized spacial score (nSPS) is 12.3. The summed E-state index contributed by atoms with van der Waals surface area (Å²) >= 11 is 0. The number of phenolic OH excluding ortho intramolecular Hbond substituents is 2. The fourth-order valence-electron chi connectivity index (χ4n) is 2.36. The first-order valence-corrected chi connectivity index (χ1v) is 6.97. The van der Waals surface area contributed by atoms with Gasteiger partial charge in [-0.15, -0.1) is 0 Å². The van der Waals surface area contributed by atoms with Crippen molar-refractivity contribution >= 4 is 0 Å². The van der Waals surface area contributed by atoms with Crippen molar-refractivity contribution in [1.29, 1.82) is 0 Å². The zero-order chi connectivity index (χ0) is 15.4. The summed E-state index contributed by atoms with van der Waals surface area (Å²) in [7, 11) is 0. The lowest BCUT2D eigenvalue weighted by Crippen LogP contribution is -2.21. The van der Waals surface area contributed by atoms with E-state index in [1.165, 1.54) is 24.3 Å². The van der Waals surface area contributed by atoms with Crippen LogP contribution in [0.4, 0.5) is 4.39 Å². The number of hydrogen-bond acceptors (Lipinski definition) is 3. The van der Waals surface area contributed by atoms with Crippen molar-refractivity contribution in [2.45, 2.75) is 26.3 Å². The Balaban J connectivity index is 1.95. The van der Waals surface area contributed by atoms with E-state index in [1.54, 1.807) is 12.1 Å². The summed E-state index contributed by atoms with van der Waals surface area (Å²) in [6.45, 7) is 4.51. The third-order valence-electron chi connectivity index (χ3n) is 3.63. The molecule has 4 heteroatoms. The highest BCUT2D eigenvalue weighted by Crippen LogP contribution is 2.27. The monoisotopic (exact) mass is 289 g/mol. The van der Waals surface area contributed by atoms with Crippen LogP contribution in [0.1, 0.15) is 29.7 Å². The highest BCUT2D eigenvalue weighted by atomic mass is 19.1. The second-order valence-electron chi connectivity index (χ2n) is 5.24. The molecule has 0 aliphatic heterocycles. The molecule has 0 bridgehead atoms. The predicted octanol–water partition coefficient (Wildman–Crippen LogP) is 3.44. The van der Waals surface area contributed by atoms with E-state index >= 15 is 0 Å². The van der Waals surface area contributed by atoms with Gasteiger partial charge in [-0.05, 0) is 68.3 Å². The fourth-order valence-corrected chi connectivity index (χ4v) is 2.36. The molecule has 2 aromatic rings. The van der Waals surface area contributed by atoms with Gasteiger partial charge in [0.25, 0.3) is 0 Å². The molecule has 0 heterocycles. The Labute approximate surface area is 124 Å². The number of nitrogens with one attached hydrogen (secondary N) is 1. The van der Waals surface area contributed by atoms with Gasteiger partial charge in [0.15, 0.2) is 0 Å². The number of aromatic hydroxyl groups is 2. The van der Waals surface area contributed by atoms with Crippen LogP contribution in [0.25, 0.3) is 0 Å². The van der Waals surface area contributed by atoms with Gasteiger partial charge in [0.05, 0.1) is 0 Å². The van der Waals surface area contributed by atoms with E-state index in [1.807, 2.05) is 13.8 Å². The second kappa shape index (κ2) is 6.59. The van der Waals surface area contributed by atoms with Crippen LogP contribution in [0, 0.1) is 12.7 Å². The predicted molar refractivity (Wildman–Crippen MR) is 81.0 cm³/mol. The molecule has 0 amide bonds. The van der Waals surface area contributed by atoms with E-state index in [2.05, 4.69) is 5.32 Å². The van der Waals surface area contributed by atoms with Crippen molar-refractivity contribution in [2.75, 3.05) is 6.54 Å². The van der Waals surface area contributed by atoms with Crippen molar-refractivity contribution in [3.8, 4) is 11.5 Å². The molecule has 0 spiro atoms. The molecule has 1 unspecified atom stereocenters. The lowest BCUT2D eigenvalue weighted by molar-refractivity contribution is 0.441. The van der Waals surface area contributed by atoms with Crippen molar-refractivity contribution in [2.24, 2.45) is 0 Å². The van der Waals surface area contributed by atoms with Crippen LogP contribution in [-0.4, -0.2) is 16.8 Å². The molecular formula is C17H20FNO2. The van der Waals surface area contributed by atoms with Crippen LogP contribution < -0.4 is 5.32 Å². The minimum absolute atomic E-state index is 0.0853. The van der Waals surface area contributed by atoms with Gasteiger partial charge in [0, 0.05) is 11.6 Å². The Hall–Kier alpha value is -2.07. The molecule has 0 aromatic heterocycles. The van der Waals surface area contributed by atoms with Crippen molar-refractivity contribution < 1.29 is 14.6 Å². The maximum absolute atomic E-state index is 13.0. The molecule has 0 aliphatic carbocycles. The second-order valence-corrected chi connectivity index (χ2v) is 5.24. The van der Waals surface area contributed by atoms with Gasteiger partial charge in [-0.3, -0.25) is 0 Å². The quantitative estimate of drug-likeness (QED) is 0.739. The molecule has 3 N–H and O–H groups in total. The van der Waals surface area contributed by atoms with Crippen LogP contribution in [0.5, 0.6) is 11.5 Å². The molecular weight excluding hydrogens is 269 g/mol. The van der Waals surface area contributed by atoms with Gasteiger partial charge in [-0.25, -0.2) is 4.39 Å². The number of benzene rings is 2. The van der Waals surface area contributed by atoms with E-state index in [9.17, 15) is 14.6 Å². The van der Waals surface area contributed by atoms with E-state index in [4.69, 9.17) is 0 Å². The van der Waals surface area contributed by atoms with Crippen LogP contribution >= 0.6 is 0 Å². The Kier molecular flexibility index (Phi) is 4.81. The summed E-state index contributed by atoms with van der Waals surface area (Å²) in [5, 5.41) is 22.6. The maximum atomic E-state index is 13.0. The van der Waals surface area contributed by atoms with Crippen LogP contribution in [0.3, 0.4) is 0 Å². The molecule has 2 rings (SSSR count). The average Bonchev–Trinajstić information content (AvgIpc) is 2.43. The SMILES string of the molecule is Cc1cc(F)ccc1CCNC(C)c1cc(O)ccc1O. The highest BCUT2D eigenvalue weighted by Gasteiger charge is 2.11. The summed E-state index contributed by atoms with van der Waals surface area (Å²) in [5.74, 6) is 0.0684. The van der Waals surface area contributed by atoms with Crippen molar-refractivity contribution in [3.05, 3.63) is 58.9 Å². The number of aryl methyl sites for hydroxylation is 1. The molecule has 3 nitrogen and oxygen atoms in total. The first-order valence-electron chi connectivity index (χ1n) is 6.97. The van der Waals surface area contributed by atoms with E-state index in [-0.39, 0.29) is 23.4 Å². The molecule has 0 fully saturated rings.